The molecule has 8 N–H and O–H groups in total. The zero-order valence-electron chi connectivity index (χ0n) is 17.0. The molecule has 12 nitrogen and oxygen atoms in total. The number of hydrogen-bond donors (Lipinski definition) is 6. The molecule has 0 spiro atoms. The van der Waals surface area contributed by atoms with E-state index in [0.29, 0.717) is 37.1 Å². The standard InChI is InChI=1S/C16H32N10O2/c1-15(2)21-11(17)19-13(23-15)25-27-9-7-5-6-8-10-28-26-14-20-12(18)22-16(3,4)24-14/h5-10H2,1-4H3,(H4,17,19,21,23,25)(H4,18,20,22,24,26). The lowest BCUT2D eigenvalue weighted by molar-refractivity contribution is 0.0718. The molecule has 28 heavy (non-hydrogen) atoms. The Morgan fingerprint density at radius 1 is 0.714 bits per heavy atom. The third-order valence-corrected chi connectivity index (χ3v) is 3.63. The highest BCUT2D eigenvalue weighted by Gasteiger charge is 2.22. The summed E-state index contributed by atoms with van der Waals surface area (Å²) in [6.45, 7) is 8.57. The second-order valence-corrected chi connectivity index (χ2v) is 7.47. The molecule has 2 aliphatic heterocycles. The minimum absolute atomic E-state index is 0.313. The van der Waals surface area contributed by atoms with E-state index >= 15 is 0 Å². The molecule has 0 amide bonds. The quantitative estimate of drug-likeness (QED) is 0.226. The summed E-state index contributed by atoms with van der Waals surface area (Å²) in [6, 6.07) is 0. The predicted octanol–water partition coefficient (Wildman–Crippen LogP) is -0.391. The summed E-state index contributed by atoms with van der Waals surface area (Å²) >= 11 is 0. The van der Waals surface area contributed by atoms with Gasteiger partial charge in [0.25, 0.3) is 0 Å². The maximum atomic E-state index is 5.70. The molecule has 12 heteroatoms. The van der Waals surface area contributed by atoms with Crippen molar-refractivity contribution in [2.24, 2.45) is 31.4 Å². The van der Waals surface area contributed by atoms with Gasteiger partial charge in [0.15, 0.2) is 23.2 Å². The Morgan fingerprint density at radius 3 is 1.46 bits per heavy atom. The third-order valence-electron chi connectivity index (χ3n) is 3.63. The number of rotatable bonds is 9. The first-order chi connectivity index (χ1) is 13.2. The fraction of sp³-hybridized carbons (Fsp3) is 0.750. The van der Waals surface area contributed by atoms with E-state index in [9.17, 15) is 0 Å². The van der Waals surface area contributed by atoms with Gasteiger partial charge in [-0.3, -0.25) is 20.3 Å². The van der Waals surface area contributed by atoms with E-state index in [2.05, 4.69) is 41.6 Å². The van der Waals surface area contributed by atoms with E-state index in [4.69, 9.17) is 21.1 Å². The highest BCUT2D eigenvalue weighted by Crippen LogP contribution is 2.13. The van der Waals surface area contributed by atoms with Gasteiger partial charge < -0.3 is 11.5 Å². The van der Waals surface area contributed by atoms with Crippen LogP contribution < -0.4 is 33.1 Å². The number of hydrogen-bond acceptors (Lipinski definition) is 12. The maximum absolute atomic E-state index is 5.70. The first-order valence-corrected chi connectivity index (χ1v) is 9.35. The van der Waals surface area contributed by atoms with Crippen LogP contribution in [0.2, 0.25) is 0 Å². The summed E-state index contributed by atoms with van der Waals surface area (Å²) in [5.41, 5.74) is 15.7. The Labute approximate surface area is 165 Å². The van der Waals surface area contributed by atoms with Crippen molar-refractivity contribution in [2.75, 3.05) is 13.2 Å². The van der Waals surface area contributed by atoms with Gasteiger partial charge in [0.2, 0.25) is 11.9 Å². The Kier molecular flexibility index (Phi) is 7.40. The first-order valence-electron chi connectivity index (χ1n) is 9.35. The molecule has 158 valence electrons. The number of hydroxylamine groups is 2. The normalized spacial score (nSPS) is 20.0. The van der Waals surface area contributed by atoms with Gasteiger partial charge in [0.1, 0.15) is 0 Å². The average Bonchev–Trinajstić information content (AvgIpc) is 2.52. The van der Waals surface area contributed by atoms with Gasteiger partial charge in [-0.25, -0.2) is 30.9 Å². The topological polar surface area (TPSA) is 168 Å². The van der Waals surface area contributed by atoms with Crippen molar-refractivity contribution < 1.29 is 9.68 Å². The lowest BCUT2D eigenvalue weighted by Gasteiger charge is -2.24. The number of nitrogens with two attached hydrogens (primary N) is 2. The van der Waals surface area contributed by atoms with Gasteiger partial charge >= 0.3 is 0 Å². The minimum Gasteiger partial charge on any atom is -0.370 e. The summed E-state index contributed by atoms with van der Waals surface area (Å²) in [6.07, 6.45) is 3.87. The number of nitrogens with one attached hydrogen (secondary N) is 4. The SMILES string of the molecule is CC1(C)N=C(N)NC(NOCCCCCCONC2=NC(C)(C)N=C(N)N2)=N1. The summed E-state index contributed by atoms with van der Waals surface area (Å²) in [5, 5.41) is 5.64. The molecule has 0 fully saturated rings. The van der Waals surface area contributed by atoms with Crippen molar-refractivity contribution in [1.29, 1.82) is 0 Å². The zero-order chi connectivity index (χ0) is 20.6. The Bertz CT molecular complexity index is 598. The second kappa shape index (κ2) is 9.55. The molecule has 0 aromatic heterocycles. The van der Waals surface area contributed by atoms with Crippen LogP contribution >= 0.6 is 0 Å². The molecule has 0 saturated heterocycles. The van der Waals surface area contributed by atoms with E-state index in [1.165, 1.54) is 0 Å². The van der Waals surface area contributed by atoms with Crippen molar-refractivity contribution >= 4 is 23.8 Å². The molecule has 2 aliphatic rings. The van der Waals surface area contributed by atoms with Crippen molar-refractivity contribution in [3.05, 3.63) is 0 Å². The van der Waals surface area contributed by atoms with Crippen molar-refractivity contribution in [3.8, 4) is 0 Å². The molecule has 0 aromatic carbocycles. The van der Waals surface area contributed by atoms with E-state index in [0.717, 1.165) is 25.7 Å². The van der Waals surface area contributed by atoms with Gasteiger partial charge in [-0.2, -0.15) is 0 Å². The summed E-state index contributed by atoms with van der Waals surface area (Å²) < 4.78 is 0. The van der Waals surface area contributed by atoms with E-state index < -0.39 is 11.3 Å². The molecule has 0 bridgehead atoms. The van der Waals surface area contributed by atoms with E-state index in [1.807, 2.05) is 27.7 Å². The largest absolute Gasteiger partial charge is 0.370 e. The molecule has 0 aromatic rings. The molecule has 2 heterocycles. The lowest BCUT2D eigenvalue weighted by Crippen LogP contribution is -2.50. The number of aliphatic imine (C=N–C) groups is 4. The van der Waals surface area contributed by atoms with Crippen LogP contribution in [0.3, 0.4) is 0 Å². The first kappa shape index (κ1) is 21.7. The monoisotopic (exact) mass is 396 g/mol. The van der Waals surface area contributed by atoms with Crippen LogP contribution in [-0.4, -0.2) is 48.4 Å². The number of unbranched alkanes of at least 4 members (excludes halogenated alkanes) is 3. The van der Waals surface area contributed by atoms with Crippen molar-refractivity contribution in [3.63, 3.8) is 0 Å². The Balaban J connectivity index is 1.46. The van der Waals surface area contributed by atoms with E-state index in [-0.39, 0.29) is 0 Å². The van der Waals surface area contributed by atoms with Crippen LogP contribution in [0, 0.1) is 0 Å². The minimum atomic E-state index is -0.595. The van der Waals surface area contributed by atoms with Crippen LogP contribution in [0.15, 0.2) is 20.0 Å². The molecule has 0 atom stereocenters. The van der Waals surface area contributed by atoms with Crippen molar-refractivity contribution in [2.45, 2.75) is 64.7 Å². The fourth-order valence-corrected chi connectivity index (χ4v) is 2.58. The fourth-order valence-electron chi connectivity index (χ4n) is 2.58. The molecule has 2 rings (SSSR count). The second-order valence-electron chi connectivity index (χ2n) is 7.47. The smallest absolute Gasteiger partial charge is 0.225 e. The highest BCUT2D eigenvalue weighted by molar-refractivity contribution is 5.99. The Hall–Kier alpha value is -2.60. The number of nitrogens with zero attached hydrogens (tertiary/aromatic N) is 4. The average molecular weight is 397 g/mol. The predicted molar refractivity (Wildman–Crippen MR) is 109 cm³/mol. The van der Waals surface area contributed by atoms with Crippen LogP contribution in [0.4, 0.5) is 0 Å². The maximum Gasteiger partial charge on any atom is 0.225 e. The zero-order valence-corrected chi connectivity index (χ0v) is 17.0. The van der Waals surface area contributed by atoms with Crippen LogP contribution in [0.5, 0.6) is 0 Å². The number of guanidine groups is 4. The molecule has 0 aliphatic carbocycles. The van der Waals surface area contributed by atoms with Crippen molar-refractivity contribution in [1.82, 2.24) is 21.6 Å². The van der Waals surface area contributed by atoms with Gasteiger partial charge in [0, 0.05) is 0 Å². The highest BCUT2D eigenvalue weighted by atomic mass is 16.6. The van der Waals surface area contributed by atoms with Crippen LogP contribution in [0.25, 0.3) is 0 Å². The van der Waals surface area contributed by atoms with Gasteiger partial charge in [-0.1, -0.05) is 12.8 Å². The lowest BCUT2D eigenvalue weighted by atomic mass is 10.2. The van der Waals surface area contributed by atoms with Crippen LogP contribution in [0.1, 0.15) is 53.4 Å². The van der Waals surface area contributed by atoms with E-state index in [1.54, 1.807) is 0 Å². The molecule has 0 saturated carbocycles. The molecular weight excluding hydrogens is 364 g/mol. The third kappa shape index (κ3) is 7.96. The van der Waals surface area contributed by atoms with Gasteiger partial charge in [-0.05, 0) is 40.5 Å². The van der Waals surface area contributed by atoms with Gasteiger partial charge in [0.05, 0.1) is 13.2 Å². The molecule has 0 radical (unpaired) electrons. The summed E-state index contributed by atoms with van der Waals surface area (Å²) in [5.74, 6) is 1.55. The summed E-state index contributed by atoms with van der Waals surface area (Å²) in [7, 11) is 0. The van der Waals surface area contributed by atoms with Crippen LogP contribution in [-0.2, 0) is 9.68 Å². The molecule has 0 unspecified atom stereocenters. The molecular formula is C16H32N10O2. The summed E-state index contributed by atoms with van der Waals surface area (Å²) in [4.78, 5) is 27.8. The Morgan fingerprint density at radius 2 is 1.11 bits per heavy atom. The van der Waals surface area contributed by atoms with Gasteiger partial charge in [-0.15, -0.1) is 0 Å².